The van der Waals surface area contributed by atoms with Crippen LogP contribution >= 0.6 is 0 Å². The van der Waals surface area contributed by atoms with Crippen LogP contribution < -0.4 is 4.74 Å². The van der Waals surface area contributed by atoms with Gasteiger partial charge in [-0.2, -0.15) is 5.26 Å². The highest BCUT2D eigenvalue weighted by atomic mass is 19.4. The molecule has 1 aliphatic rings. The van der Waals surface area contributed by atoms with E-state index in [9.17, 15) is 23.2 Å². The van der Waals surface area contributed by atoms with Gasteiger partial charge in [-0.1, -0.05) is 12.1 Å². The first-order chi connectivity index (χ1) is 9.35. The van der Waals surface area contributed by atoms with Crippen molar-refractivity contribution in [1.82, 2.24) is 0 Å². The first-order valence-electron chi connectivity index (χ1n) is 6.14. The molecule has 20 heavy (non-hydrogen) atoms. The maximum Gasteiger partial charge on any atom is 0.573 e. The Labute approximate surface area is 114 Å². The van der Waals surface area contributed by atoms with E-state index in [2.05, 4.69) is 10.8 Å². The van der Waals surface area contributed by atoms with E-state index in [1.54, 1.807) is 0 Å². The zero-order chi connectivity index (χ0) is 14.8. The minimum absolute atomic E-state index is 0.0874. The van der Waals surface area contributed by atoms with Gasteiger partial charge < -0.3 is 4.74 Å². The van der Waals surface area contributed by atoms with Gasteiger partial charge in [-0.15, -0.1) is 13.2 Å². The van der Waals surface area contributed by atoms with E-state index in [-0.39, 0.29) is 18.0 Å². The Bertz CT molecular complexity index is 545. The fourth-order valence-corrected chi connectivity index (χ4v) is 2.43. The molecule has 0 aliphatic heterocycles. The van der Waals surface area contributed by atoms with Crippen molar-refractivity contribution in [3.05, 3.63) is 29.8 Å². The third-order valence-corrected chi connectivity index (χ3v) is 3.42. The molecule has 0 bridgehead atoms. The minimum Gasteiger partial charge on any atom is -0.406 e. The van der Waals surface area contributed by atoms with Crippen molar-refractivity contribution < 1.29 is 22.7 Å². The molecule has 0 heterocycles. The summed E-state index contributed by atoms with van der Waals surface area (Å²) < 4.78 is 39.8. The molecule has 2 rings (SSSR count). The minimum atomic E-state index is -4.73. The highest BCUT2D eigenvalue weighted by Crippen LogP contribution is 2.37. The van der Waals surface area contributed by atoms with E-state index >= 15 is 0 Å². The first kappa shape index (κ1) is 14.4. The van der Waals surface area contributed by atoms with Gasteiger partial charge >= 0.3 is 6.36 Å². The largest absolute Gasteiger partial charge is 0.573 e. The number of benzene rings is 1. The maximum absolute atomic E-state index is 12.0. The number of nitriles is 1. The van der Waals surface area contributed by atoms with Crippen LogP contribution in [0.5, 0.6) is 5.75 Å². The van der Waals surface area contributed by atoms with E-state index in [1.165, 1.54) is 24.3 Å². The van der Waals surface area contributed by atoms with Gasteiger partial charge in [-0.3, -0.25) is 4.79 Å². The van der Waals surface area contributed by atoms with E-state index in [1.807, 2.05) is 0 Å². The SMILES string of the molecule is N#CC1(Cc2ccc(OC(F)(F)F)cc2)CCCC1=O. The molecule has 3 nitrogen and oxygen atoms in total. The second kappa shape index (κ2) is 5.16. The molecular formula is C14H12F3NO2. The summed E-state index contributed by atoms with van der Waals surface area (Å²) in [6.07, 6.45) is -2.92. The van der Waals surface area contributed by atoms with Crippen LogP contribution in [-0.4, -0.2) is 12.1 Å². The Morgan fingerprint density at radius 3 is 2.40 bits per heavy atom. The number of carbonyl (C=O) groups is 1. The van der Waals surface area contributed by atoms with Crippen LogP contribution in [0.3, 0.4) is 0 Å². The van der Waals surface area contributed by atoms with Crippen LogP contribution in [0.15, 0.2) is 24.3 Å². The number of ether oxygens (including phenoxy) is 1. The van der Waals surface area contributed by atoms with Crippen LogP contribution in [0.2, 0.25) is 0 Å². The Morgan fingerprint density at radius 2 is 1.95 bits per heavy atom. The number of ketones is 1. The molecule has 1 fully saturated rings. The number of alkyl halides is 3. The van der Waals surface area contributed by atoms with Crippen molar-refractivity contribution in [3.8, 4) is 11.8 Å². The summed E-state index contributed by atoms with van der Waals surface area (Å²) in [6.45, 7) is 0. The van der Waals surface area contributed by atoms with Crippen LogP contribution in [-0.2, 0) is 11.2 Å². The summed E-state index contributed by atoms with van der Waals surface area (Å²) in [6, 6.07) is 7.34. The number of hydrogen-bond donors (Lipinski definition) is 0. The summed E-state index contributed by atoms with van der Waals surface area (Å²) in [7, 11) is 0. The van der Waals surface area contributed by atoms with Gasteiger partial charge in [-0.05, 0) is 37.0 Å². The highest BCUT2D eigenvalue weighted by Gasteiger charge is 2.42. The van der Waals surface area contributed by atoms with Crippen LogP contribution in [0.25, 0.3) is 0 Å². The number of hydrogen-bond acceptors (Lipinski definition) is 3. The van der Waals surface area contributed by atoms with Crippen molar-refractivity contribution >= 4 is 5.78 Å². The molecule has 0 radical (unpaired) electrons. The number of rotatable bonds is 3. The summed E-state index contributed by atoms with van der Waals surface area (Å²) in [5.41, 5.74) is -0.372. The zero-order valence-electron chi connectivity index (χ0n) is 10.5. The molecule has 1 saturated carbocycles. The first-order valence-corrected chi connectivity index (χ1v) is 6.14. The lowest BCUT2D eigenvalue weighted by Crippen LogP contribution is -2.26. The van der Waals surface area contributed by atoms with Crippen molar-refractivity contribution in [2.75, 3.05) is 0 Å². The molecule has 1 aromatic carbocycles. The fraction of sp³-hybridized carbons (Fsp3) is 0.429. The van der Waals surface area contributed by atoms with Gasteiger partial charge in [0.05, 0.1) is 6.07 Å². The van der Waals surface area contributed by atoms with E-state index in [0.717, 1.165) is 0 Å². The number of nitrogens with zero attached hydrogens (tertiary/aromatic N) is 1. The van der Waals surface area contributed by atoms with Crippen LogP contribution in [0.4, 0.5) is 13.2 Å². The lowest BCUT2D eigenvalue weighted by molar-refractivity contribution is -0.274. The standard InChI is InChI=1S/C14H12F3NO2/c15-14(16,17)20-11-5-3-10(4-6-11)8-13(9-18)7-1-2-12(13)19/h3-6H,1-2,7-8H2. The lowest BCUT2D eigenvalue weighted by Gasteiger charge is -2.18. The third kappa shape index (κ3) is 3.10. The quantitative estimate of drug-likeness (QED) is 0.854. The van der Waals surface area contributed by atoms with E-state index in [4.69, 9.17) is 0 Å². The maximum atomic E-state index is 12.0. The monoisotopic (exact) mass is 283 g/mol. The Kier molecular flexibility index (Phi) is 3.71. The third-order valence-electron chi connectivity index (χ3n) is 3.42. The molecule has 1 atom stereocenters. The van der Waals surface area contributed by atoms with Gasteiger partial charge in [0.15, 0.2) is 5.78 Å². The van der Waals surface area contributed by atoms with Crippen molar-refractivity contribution in [2.24, 2.45) is 5.41 Å². The summed E-state index contributed by atoms with van der Waals surface area (Å²) in [4.78, 5) is 11.8. The van der Waals surface area contributed by atoms with Crippen molar-refractivity contribution in [1.29, 1.82) is 5.26 Å². The predicted molar refractivity (Wildman–Crippen MR) is 63.7 cm³/mol. The van der Waals surface area contributed by atoms with Crippen molar-refractivity contribution in [3.63, 3.8) is 0 Å². The lowest BCUT2D eigenvalue weighted by atomic mass is 9.81. The second-order valence-corrected chi connectivity index (χ2v) is 4.84. The molecule has 1 unspecified atom stereocenters. The highest BCUT2D eigenvalue weighted by molar-refractivity contribution is 5.89. The normalized spacial score (nSPS) is 22.6. The average Bonchev–Trinajstić information content (AvgIpc) is 2.72. The Hall–Kier alpha value is -2.03. The fourth-order valence-electron chi connectivity index (χ4n) is 2.43. The number of carbonyl (C=O) groups excluding carboxylic acids is 1. The zero-order valence-corrected chi connectivity index (χ0v) is 10.5. The molecule has 0 amide bonds. The van der Waals surface area contributed by atoms with Gasteiger partial charge in [0.25, 0.3) is 0 Å². The molecule has 0 N–H and O–H groups in total. The van der Waals surface area contributed by atoms with E-state index in [0.29, 0.717) is 24.8 Å². The molecular weight excluding hydrogens is 271 g/mol. The topological polar surface area (TPSA) is 50.1 Å². The predicted octanol–water partition coefficient (Wildman–Crippen LogP) is 3.39. The smallest absolute Gasteiger partial charge is 0.406 e. The van der Waals surface area contributed by atoms with Crippen LogP contribution in [0.1, 0.15) is 24.8 Å². The molecule has 0 aromatic heterocycles. The molecule has 106 valence electrons. The van der Waals surface area contributed by atoms with Crippen molar-refractivity contribution in [2.45, 2.75) is 32.0 Å². The van der Waals surface area contributed by atoms with Gasteiger partial charge in [0.2, 0.25) is 0 Å². The summed E-state index contributed by atoms with van der Waals surface area (Å²) in [5, 5.41) is 9.21. The molecule has 6 heteroatoms. The molecule has 1 aliphatic carbocycles. The summed E-state index contributed by atoms with van der Waals surface area (Å²) in [5.74, 6) is -0.402. The number of halogens is 3. The molecule has 1 aromatic rings. The van der Waals surface area contributed by atoms with Gasteiger partial charge in [0, 0.05) is 6.42 Å². The summed E-state index contributed by atoms with van der Waals surface area (Å²) >= 11 is 0. The second-order valence-electron chi connectivity index (χ2n) is 4.84. The molecule has 0 saturated heterocycles. The Balaban J connectivity index is 2.11. The Morgan fingerprint density at radius 1 is 1.30 bits per heavy atom. The van der Waals surface area contributed by atoms with E-state index < -0.39 is 11.8 Å². The van der Waals surface area contributed by atoms with Crippen LogP contribution in [0, 0.1) is 16.7 Å². The molecule has 0 spiro atoms. The number of Topliss-reactive ketones (excluding diaryl/α,β-unsaturated/α-hetero) is 1. The van der Waals surface area contributed by atoms with Gasteiger partial charge in [-0.25, -0.2) is 0 Å². The van der Waals surface area contributed by atoms with Gasteiger partial charge in [0.1, 0.15) is 11.2 Å². The average molecular weight is 283 g/mol.